The van der Waals surface area contributed by atoms with Crippen molar-refractivity contribution in [2.24, 2.45) is 17.3 Å². The summed E-state index contributed by atoms with van der Waals surface area (Å²) >= 11 is 0. The molecule has 3 atom stereocenters. The third-order valence-corrected chi connectivity index (χ3v) is 3.52. The standard InChI is InChI=1S/C11H16O/c1-8(12)10-7-11(2)5-3-9(10)4-6-11/h3,5,9-10H,4,6-7H2,1-2H3. The second-order valence-electron chi connectivity index (χ2n) is 4.64. The summed E-state index contributed by atoms with van der Waals surface area (Å²) in [5, 5.41) is 0. The Bertz CT molecular complexity index is 241. The summed E-state index contributed by atoms with van der Waals surface area (Å²) in [6.07, 6.45) is 8.17. The molecule has 3 aliphatic rings. The van der Waals surface area contributed by atoms with E-state index in [1.807, 2.05) is 0 Å². The molecule has 0 heterocycles. The molecule has 0 N–H and O–H groups in total. The minimum atomic E-state index is 0.328. The average Bonchev–Trinajstić information content (AvgIpc) is 2.04. The van der Waals surface area contributed by atoms with Crippen LogP contribution in [0.2, 0.25) is 0 Å². The molecule has 2 bridgehead atoms. The van der Waals surface area contributed by atoms with E-state index in [-0.39, 0.29) is 0 Å². The van der Waals surface area contributed by atoms with E-state index in [4.69, 9.17) is 0 Å². The Morgan fingerprint density at radius 2 is 2.33 bits per heavy atom. The Labute approximate surface area is 73.8 Å². The Balaban J connectivity index is 2.25. The molecular formula is C11H16O. The fraction of sp³-hybridized carbons (Fsp3) is 0.727. The van der Waals surface area contributed by atoms with Crippen molar-refractivity contribution >= 4 is 5.78 Å². The number of hydrogen-bond acceptors (Lipinski definition) is 1. The highest BCUT2D eigenvalue weighted by molar-refractivity contribution is 5.79. The van der Waals surface area contributed by atoms with Gasteiger partial charge in [-0.3, -0.25) is 4.79 Å². The van der Waals surface area contributed by atoms with Crippen LogP contribution >= 0.6 is 0 Å². The van der Waals surface area contributed by atoms with Crippen molar-refractivity contribution in [3.05, 3.63) is 12.2 Å². The molecule has 1 heteroatoms. The number of Topliss-reactive ketones (excluding diaryl/α,β-unsaturated/α-hetero) is 1. The Morgan fingerprint density at radius 1 is 1.58 bits per heavy atom. The molecule has 0 spiro atoms. The van der Waals surface area contributed by atoms with Gasteiger partial charge in [-0.05, 0) is 37.5 Å². The van der Waals surface area contributed by atoms with Crippen molar-refractivity contribution in [2.45, 2.75) is 33.1 Å². The van der Waals surface area contributed by atoms with E-state index in [0.29, 0.717) is 23.0 Å². The number of carbonyl (C=O) groups excluding carboxylic acids is 1. The number of ketones is 1. The first kappa shape index (κ1) is 8.03. The lowest BCUT2D eigenvalue weighted by Crippen LogP contribution is -2.37. The van der Waals surface area contributed by atoms with Gasteiger partial charge in [-0.25, -0.2) is 0 Å². The van der Waals surface area contributed by atoms with Crippen LogP contribution in [0.1, 0.15) is 33.1 Å². The average molecular weight is 164 g/mol. The molecule has 12 heavy (non-hydrogen) atoms. The molecule has 3 unspecified atom stereocenters. The zero-order chi connectivity index (χ0) is 8.77. The van der Waals surface area contributed by atoms with Crippen LogP contribution in [0, 0.1) is 17.3 Å². The Hall–Kier alpha value is -0.590. The maximum atomic E-state index is 11.3. The molecule has 3 aliphatic carbocycles. The van der Waals surface area contributed by atoms with Gasteiger partial charge in [-0.2, -0.15) is 0 Å². The quantitative estimate of drug-likeness (QED) is 0.544. The largest absolute Gasteiger partial charge is 0.300 e. The third-order valence-electron chi connectivity index (χ3n) is 3.52. The first-order valence-electron chi connectivity index (χ1n) is 4.81. The molecule has 0 saturated heterocycles. The molecule has 66 valence electrons. The molecule has 0 aliphatic heterocycles. The van der Waals surface area contributed by atoms with Gasteiger partial charge >= 0.3 is 0 Å². The first-order valence-corrected chi connectivity index (χ1v) is 4.81. The SMILES string of the molecule is CC(=O)C1CC2(C)C=CC1CC2. The molecular weight excluding hydrogens is 148 g/mol. The van der Waals surface area contributed by atoms with Gasteiger partial charge in [-0.1, -0.05) is 19.1 Å². The monoisotopic (exact) mass is 164 g/mol. The number of rotatable bonds is 1. The zero-order valence-corrected chi connectivity index (χ0v) is 7.84. The van der Waals surface area contributed by atoms with Crippen LogP contribution in [0.15, 0.2) is 12.2 Å². The van der Waals surface area contributed by atoms with Crippen LogP contribution in [0.5, 0.6) is 0 Å². The number of hydrogen-bond donors (Lipinski definition) is 0. The molecule has 3 rings (SSSR count). The van der Waals surface area contributed by atoms with Crippen LogP contribution in [0.4, 0.5) is 0 Å². The van der Waals surface area contributed by atoms with Crippen LogP contribution < -0.4 is 0 Å². The van der Waals surface area contributed by atoms with Gasteiger partial charge in [0.2, 0.25) is 0 Å². The Morgan fingerprint density at radius 3 is 2.67 bits per heavy atom. The fourth-order valence-electron chi connectivity index (χ4n) is 2.64. The van der Waals surface area contributed by atoms with Crippen LogP contribution in [-0.4, -0.2) is 5.78 Å². The molecule has 0 radical (unpaired) electrons. The second kappa shape index (κ2) is 2.45. The fourth-order valence-corrected chi connectivity index (χ4v) is 2.64. The summed E-state index contributed by atoms with van der Waals surface area (Å²) in [6.45, 7) is 4.01. The van der Waals surface area contributed by atoms with Crippen LogP contribution in [-0.2, 0) is 4.79 Å². The van der Waals surface area contributed by atoms with E-state index in [9.17, 15) is 4.79 Å². The van der Waals surface area contributed by atoms with Crippen LogP contribution in [0.25, 0.3) is 0 Å². The van der Waals surface area contributed by atoms with Gasteiger partial charge in [-0.15, -0.1) is 0 Å². The maximum Gasteiger partial charge on any atom is 0.133 e. The smallest absolute Gasteiger partial charge is 0.133 e. The lowest BCUT2D eigenvalue weighted by atomic mass is 9.60. The van der Waals surface area contributed by atoms with E-state index in [1.165, 1.54) is 12.8 Å². The van der Waals surface area contributed by atoms with Gasteiger partial charge in [0.25, 0.3) is 0 Å². The summed E-state index contributed by atoms with van der Waals surface area (Å²) in [5.41, 5.74) is 0.338. The number of carbonyl (C=O) groups is 1. The highest BCUT2D eigenvalue weighted by atomic mass is 16.1. The van der Waals surface area contributed by atoms with Gasteiger partial charge < -0.3 is 0 Å². The summed E-state index contributed by atoms with van der Waals surface area (Å²) in [7, 11) is 0. The Kier molecular flexibility index (Phi) is 1.64. The second-order valence-corrected chi connectivity index (χ2v) is 4.64. The van der Waals surface area contributed by atoms with E-state index < -0.39 is 0 Å². The minimum absolute atomic E-state index is 0.328. The first-order chi connectivity index (χ1) is 5.61. The van der Waals surface area contributed by atoms with Gasteiger partial charge in [0, 0.05) is 5.92 Å². The third kappa shape index (κ3) is 1.12. The molecule has 1 fully saturated rings. The summed E-state index contributed by atoms with van der Waals surface area (Å²) in [4.78, 5) is 11.3. The molecule has 0 aromatic heterocycles. The lowest BCUT2D eigenvalue weighted by Gasteiger charge is -2.43. The molecule has 0 aromatic carbocycles. The van der Waals surface area contributed by atoms with E-state index in [1.54, 1.807) is 6.92 Å². The molecule has 0 aromatic rings. The van der Waals surface area contributed by atoms with Crippen molar-refractivity contribution in [1.82, 2.24) is 0 Å². The number of allylic oxidation sites excluding steroid dienone is 2. The predicted octanol–water partition coefficient (Wildman–Crippen LogP) is 2.57. The highest BCUT2D eigenvalue weighted by Gasteiger charge is 2.40. The van der Waals surface area contributed by atoms with Gasteiger partial charge in [0.1, 0.15) is 5.78 Å². The van der Waals surface area contributed by atoms with Crippen molar-refractivity contribution < 1.29 is 4.79 Å². The van der Waals surface area contributed by atoms with Crippen molar-refractivity contribution in [3.63, 3.8) is 0 Å². The highest BCUT2D eigenvalue weighted by Crippen LogP contribution is 2.48. The summed E-state index contributed by atoms with van der Waals surface area (Å²) < 4.78 is 0. The summed E-state index contributed by atoms with van der Waals surface area (Å²) in [6, 6.07) is 0. The predicted molar refractivity (Wildman–Crippen MR) is 48.8 cm³/mol. The summed E-state index contributed by atoms with van der Waals surface area (Å²) in [5.74, 6) is 1.27. The van der Waals surface area contributed by atoms with E-state index >= 15 is 0 Å². The van der Waals surface area contributed by atoms with E-state index in [0.717, 1.165) is 6.42 Å². The zero-order valence-electron chi connectivity index (χ0n) is 7.84. The molecule has 1 saturated carbocycles. The molecule has 0 amide bonds. The van der Waals surface area contributed by atoms with Gasteiger partial charge in [0.05, 0.1) is 0 Å². The van der Waals surface area contributed by atoms with Crippen LogP contribution in [0.3, 0.4) is 0 Å². The number of fused-ring (bicyclic) bond motifs is 2. The van der Waals surface area contributed by atoms with E-state index in [2.05, 4.69) is 19.1 Å². The van der Waals surface area contributed by atoms with Crippen molar-refractivity contribution in [2.75, 3.05) is 0 Å². The molecule has 1 nitrogen and oxygen atoms in total. The lowest BCUT2D eigenvalue weighted by molar-refractivity contribution is -0.124. The minimum Gasteiger partial charge on any atom is -0.300 e. The maximum absolute atomic E-state index is 11.3. The normalized spacial score (nSPS) is 44.8. The van der Waals surface area contributed by atoms with Gasteiger partial charge in [0.15, 0.2) is 0 Å². The van der Waals surface area contributed by atoms with Crippen molar-refractivity contribution in [1.29, 1.82) is 0 Å². The topological polar surface area (TPSA) is 17.1 Å². The van der Waals surface area contributed by atoms with Crippen molar-refractivity contribution in [3.8, 4) is 0 Å².